The summed E-state index contributed by atoms with van der Waals surface area (Å²) in [6.07, 6.45) is 0. The zero-order valence-corrected chi connectivity index (χ0v) is 11.4. The Balaban J connectivity index is 2.33. The lowest BCUT2D eigenvalue weighted by atomic mass is 10.3. The molecule has 0 aromatic heterocycles. The van der Waals surface area contributed by atoms with E-state index in [0.717, 1.165) is 6.07 Å². The van der Waals surface area contributed by atoms with E-state index in [-0.39, 0.29) is 16.3 Å². The zero-order chi connectivity index (χ0) is 14.8. The Morgan fingerprint density at radius 3 is 2.60 bits per heavy atom. The van der Waals surface area contributed by atoms with Gasteiger partial charge in [-0.1, -0.05) is 6.07 Å². The quantitative estimate of drug-likeness (QED) is 0.848. The number of rotatable bonds is 4. The summed E-state index contributed by atoms with van der Waals surface area (Å²) in [5.41, 5.74) is 6.09. The molecular weight excluding hydrogens is 283 g/mol. The summed E-state index contributed by atoms with van der Waals surface area (Å²) in [6.45, 7) is 0. The van der Waals surface area contributed by atoms with Crippen LogP contribution in [0.5, 0.6) is 5.75 Å². The molecule has 0 bridgehead atoms. The number of hydrogen-bond acceptors (Lipinski definition) is 4. The molecule has 2 aromatic rings. The largest absolute Gasteiger partial charge is 0.494 e. The Morgan fingerprint density at radius 2 is 1.95 bits per heavy atom. The Labute approximate surface area is 116 Å². The van der Waals surface area contributed by atoms with Crippen LogP contribution in [0.4, 0.5) is 15.8 Å². The second-order valence-corrected chi connectivity index (χ2v) is 5.71. The minimum absolute atomic E-state index is 0.0285. The summed E-state index contributed by atoms with van der Waals surface area (Å²) in [5.74, 6) is -0.614. The summed E-state index contributed by atoms with van der Waals surface area (Å²) >= 11 is 0. The summed E-state index contributed by atoms with van der Waals surface area (Å²) in [4.78, 5) is 0.0285. The highest BCUT2D eigenvalue weighted by molar-refractivity contribution is 7.92. The van der Waals surface area contributed by atoms with Crippen LogP contribution in [0.2, 0.25) is 0 Å². The number of nitrogen functional groups attached to an aromatic ring is 1. The number of anilines is 2. The van der Waals surface area contributed by atoms with Crippen LogP contribution in [0.1, 0.15) is 0 Å². The molecule has 7 heteroatoms. The van der Waals surface area contributed by atoms with Gasteiger partial charge in [0, 0.05) is 11.8 Å². The van der Waals surface area contributed by atoms with Crippen LogP contribution in [0.15, 0.2) is 47.4 Å². The maximum atomic E-state index is 13.3. The van der Waals surface area contributed by atoms with Gasteiger partial charge in [-0.25, -0.2) is 12.8 Å². The fourth-order valence-corrected chi connectivity index (χ4v) is 2.72. The van der Waals surface area contributed by atoms with Crippen LogP contribution < -0.4 is 15.2 Å². The van der Waals surface area contributed by atoms with Crippen LogP contribution in [0.3, 0.4) is 0 Å². The summed E-state index contributed by atoms with van der Waals surface area (Å²) < 4.78 is 44.7. The molecular formula is C13H13FN2O3S. The summed E-state index contributed by atoms with van der Waals surface area (Å²) in [6, 6.07) is 9.56. The van der Waals surface area contributed by atoms with Gasteiger partial charge in [0.05, 0.1) is 17.7 Å². The van der Waals surface area contributed by atoms with Crippen molar-refractivity contribution >= 4 is 21.4 Å². The SMILES string of the molecule is COc1cc(NS(=O)(=O)c2cccc(N)c2)ccc1F. The van der Waals surface area contributed by atoms with Gasteiger partial charge in [-0.05, 0) is 30.3 Å². The van der Waals surface area contributed by atoms with E-state index in [1.165, 1.54) is 37.4 Å². The van der Waals surface area contributed by atoms with Crippen molar-refractivity contribution in [2.24, 2.45) is 0 Å². The zero-order valence-electron chi connectivity index (χ0n) is 10.6. The van der Waals surface area contributed by atoms with E-state index in [2.05, 4.69) is 4.72 Å². The smallest absolute Gasteiger partial charge is 0.261 e. The average Bonchev–Trinajstić information content (AvgIpc) is 2.40. The number of sulfonamides is 1. The molecule has 3 N–H and O–H groups in total. The lowest BCUT2D eigenvalue weighted by Crippen LogP contribution is -2.13. The predicted octanol–water partition coefficient (Wildman–Crippen LogP) is 2.22. The Kier molecular flexibility index (Phi) is 3.80. The number of benzene rings is 2. The van der Waals surface area contributed by atoms with Crippen LogP contribution in [0.25, 0.3) is 0 Å². The highest BCUT2D eigenvalue weighted by atomic mass is 32.2. The molecule has 0 aliphatic heterocycles. The molecule has 0 unspecified atom stereocenters. The van der Waals surface area contributed by atoms with Gasteiger partial charge in [-0.15, -0.1) is 0 Å². The number of ether oxygens (including phenoxy) is 1. The standard InChI is InChI=1S/C13H13FN2O3S/c1-19-13-8-10(5-6-12(13)14)16-20(17,18)11-4-2-3-9(15)7-11/h2-8,16H,15H2,1H3. The maximum absolute atomic E-state index is 13.3. The molecule has 2 aromatic carbocycles. The lowest BCUT2D eigenvalue weighted by molar-refractivity contribution is 0.387. The Morgan fingerprint density at radius 1 is 1.20 bits per heavy atom. The van der Waals surface area contributed by atoms with Gasteiger partial charge >= 0.3 is 0 Å². The molecule has 0 amide bonds. The molecule has 0 heterocycles. The predicted molar refractivity (Wildman–Crippen MR) is 74.6 cm³/mol. The minimum Gasteiger partial charge on any atom is -0.494 e. The van der Waals surface area contributed by atoms with Crippen molar-refractivity contribution in [2.45, 2.75) is 4.90 Å². The van der Waals surface area contributed by atoms with Crippen molar-refractivity contribution in [2.75, 3.05) is 17.6 Å². The first-order valence-corrected chi connectivity index (χ1v) is 7.12. The fraction of sp³-hybridized carbons (Fsp3) is 0.0769. The summed E-state index contributed by atoms with van der Waals surface area (Å²) in [7, 11) is -2.48. The fourth-order valence-electron chi connectivity index (χ4n) is 1.62. The van der Waals surface area contributed by atoms with Gasteiger partial charge in [-0.2, -0.15) is 0 Å². The van der Waals surface area contributed by atoms with Crippen molar-refractivity contribution < 1.29 is 17.5 Å². The number of nitrogens with one attached hydrogen (secondary N) is 1. The van der Waals surface area contributed by atoms with Gasteiger partial charge in [0.2, 0.25) is 0 Å². The molecule has 2 rings (SSSR count). The van der Waals surface area contributed by atoms with Crippen LogP contribution in [-0.4, -0.2) is 15.5 Å². The van der Waals surface area contributed by atoms with Crippen LogP contribution >= 0.6 is 0 Å². The number of methoxy groups -OCH3 is 1. The molecule has 0 radical (unpaired) electrons. The lowest BCUT2D eigenvalue weighted by Gasteiger charge is -2.10. The van der Waals surface area contributed by atoms with Crippen molar-refractivity contribution in [1.82, 2.24) is 0 Å². The van der Waals surface area contributed by atoms with Crippen LogP contribution in [-0.2, 0) is 10.0 Å². The highest BCUT2D eigenvalue weighted by Crippen LogP contribution is 2.24. The van der Waals surface area contributed by atoms with Crippen molar-refractivity contribution in [3.05, 3.63) is 48.3 Å². The molecule has 0 atom stereocenters. The van der Waals surface area contributed by atoms with E-state index >= 15 is 0 Å². The van der Waals surface area contributed by atoms with E-state index in [4.69, 9.17) is 10.5 Å². The number of halogens is 1. The van der Waals surface area contributed by atoms with E-state index in [0.29, 0.717) is 5.69 Å². The normalized spacial score (nSPS) is 11.1. The second-order valence-electron chi connectivity index (χ2n) is 4.03. The van der Waals surface area contributed by atoms with Gasteiger partial charge < -0.3 is 10.5 Å². The third kappa shape index (κ3) is 3.00. The van der Waals surface area contributed by atoms with Gasteiger partial charge in [0.15, 0.2) is 11.6 Å². The topological polar surface area (TPSA) is 81.4 Å². The Hall–Kier alpha value is -2.28. The third-order valence-corrected chi connectivity index (χ3v) is 3.95. The third-order valence-electron chi connectivity index (χ3n) is 2.57. The highest BCUT2D eigenvalue weighted by Gasteiger charge is 2.15. The first-order valence-electron chi connectivity index (χ1n) is 5.64. The number of hydrogen-bond donors (Lipinski definition) is 2. The van der Waals surface area contributed by atoms with Gasteiger partial charge in [0.1, 0.15) is 0 Å². The molecule has 0 fully saturated rings. The van der Waals surface area contributed by atoms with E-state index in [9.17, 15) is 12.8 Å². The first-order chi connectivity index (χ1) is 9.42. The average molecular weight is 296 g/mol. The molecule has 0 saturated carbocycles. The molecule has 0 saturated heterocycles. The molecule has 0 spiro atoms. The molecule has 20 heavy (non-hydrogen) atoms. The maximum Gasteiger partial charge on any atom is 0.261 e. The molecule has 5 nitrogen and oxygen atoms in total. The van der Waals surface area contributed by atoms with E-state index in [1.807, 2.05) is 0 Å². The minimum atomic E-state index is -3.78. The first kappa shape index (κ1) is 14.1. The van der Waals surface area contributed by atoms with Gasteiger partial charge in [-0.3, -0.25) is 4.72 Å². The molecule has 0 aliphatic rings. The van der Waals surface area contributed by atoms with Crippen molar-refractivity contribution in [3.8, 4) is 5.75 Å². The van der Waals surface area contributed by atoms with E-state index < -0.39 is 15.8 Å². The Bertz CT molecular complexity index is 732. The second kappa shape index (κ2) is 5.38. The molecule has 0 aliphatic carbocycles. The monoisotopic (exact) mass is 296 g/mol. The summed E-state index contributed by atoms with van der Waals surface area (Å²) in [5, 5.41) is 0. The molecule has 106 valence electrons. The van der Waals surface area contributed by atoms with Crippen molar-refractivity contribution in [3.63, 3.8) is 0 Å². The van der Waals surface area contributed by atoms with Crippen LogP contribution in [0, 0.1) is 5.82 Å². The van der Waals surface area contributed by atoms with Crippen molar-refractivity contribution in [1.29, 1.82) is 0 Å². The number of nitrogens with two attached hydrogens (primary N) is 1. The van der Waals surface area contributed by atoms with E-state index in [1.54, 1.807) is 6.07 Å². The van der Waals surface area contributed by atoms with Gasteiger partial charge in [0.25, 0.3) is 10.0 Å².